The molecule has 24 heavy (non-hydrogen) atoms. The molecule has 0 fully saturated rings. The number of nitrogens with zero attached hydrogens (tertiary/aromatic N) is 1. The lowest BCUT2D eigenvalue weighted by Crippen LogP contribution is -2.36. The first-order valence-corrected chi connectivity index (χ1v) is 8.86. The van der Waals surface area contributed by atoms with Crippen molar-refractivity contribution in [1.82, 2.24) is 4.31 Å². The minimum absolute atomic E-state index is 0.143. The number of hydrogen-bond acceptors (Lipinski definition) is 6. The summed E-state index contributed by atoms with van der Waals surface area (Å²) in [5.74, 6) is 0.966. The van der Waals surface area contributed by atoms with Crippen LogP contribution in [0.3, 0.4) is 0 Å². The first-order chi connectivity index (χ1) is 11.3. The van der Waals surface area contributed by atoms with Crippen molar-refractivity contribution in [1.29, 1.82) is 5.41 Å². The molecule has 0 atom stereocenters. The Morgan fingerprint density at radius 1 is 1.25 bits per heavy atom. The maximum Gasteiger partial charge on any atom is 0.277 e. The van der Waals surface area contributed by atoms with Crippen molar-refractivity contribution in [3.63, 3.8) is 0 Å². The fourth-order valence-electron chi connectivity index (χ4n) is 2.59. The lowest BCUT2D eigenvalue weighted by Gasteiger charge is -2.14. The van der Waals surface area contributed by atoms with Crippen molar-refractivity contribution in [3.05, 3.63) is 29.3 Å². The highest BCUT2D eigenvalue weighted by atomic mass is 32.2. The standard InChI is InChI=1S/C15H22N4O4S/c1-22-13-8-11(12(16)9-14(13)23-2)15(17)10-4-3-6-19(7-5-10)24(18,20)21/h5,8-9,17H,3-4,6-7,16H2,1-2H3,(H2,18,20,21). The van der Waals surface area contributed by atoms with Gasteiger partial charge in [-0.25, -0.2) is 5.14 Å². The smallest absolute Gasteiger partial charge is 0.277 e. The number of rotatable bonds is 5. The average molecular weight is 354 g/mol. The molecule has 1 heterocycles. The second-order valence-corrected chi connectivity index (χ2v) is 6.95. The van der Waals surface area contributed by atoms with Crippen LogP contribution in [-0.2, 0) is 10.2 Å². The molecule has 0 bridgehead atoms. The van der Waals surface area contributed by atoms with Gasteiger partial charge >= 0.3 is 0 Å². The van der Waals surface area contributed by atoms with E-state index >= 15 is 0 Å². The fraction of sp³-hybridized carbons (Fsp3) is 0.400. The number of benzene rings is 1. The lowest BCUT2D eigenvalue weighted by atomic mass is 9.97. The van der Waals surface area contributed by atoms with Crippen LogP contribution >= 0.6 is 0 Å². The topological polar surface area (TPSA) is 132 Å². The number of methoxy groups -OCH3 is 2. The van der Waals surface area contributed by atoms with Gasteiger partial charge in [0.2, 0.25) is 0 Å². The number of nitrogens with one attached hydrogen (secondary N) is 1. The Kier molecular flexibility index (Phi) is 5.47. The average Bonchev–Trinajstić information content (AvgIpc) is 2.79. The molecule has 1 aromatic rings. The molecule has 0 amide bonds. The second kappa shape index (κ2) is 7.20. The van der Waals surface area contributed by atoms with Gasteiger partial charge in [-0.3, -0.25) is 5.41 Å². The van der Waals surface area contributed by atoms with E-state index in [1.807, 2.05) is 0 Å². The summed E-state index contributed by atoms with van der Waals surface area (Å²) in [6, 6.07) is 3.26. The SMILES string of the molecule is COc1cc(N)c(C(=N)C2=CCN(S(N)(=O)=O)CCC2)cc1OC. The molecule has 0 aliphatic carbocycles. The number of allylic oxidation sites excluding steroid dienone is 1. The quantitative estimate of drug-likeness (QED) is 0.533. The monoisotopic (exact) mass is 354 g/mol. The zero-order chi connectivity index (χ0) is 17.9. The summed E-state index contributed by atoms with van der Waals surface area (Å²) in [6.45, 7) is 0.470. The highest BCUT2D eigenvalue weighted by molar-refractivity contribution is 7.86. The van der Waals surface area contributed by atoms with E-state index in [4.69, 9.17) is 25.8 Å². The first-order valence-electron chi connectivity index (χ1n) is 7.35. The maximum absolute atomic E-state index is 11.5. The maximum atomic E-state index is 11.5. The Hall–Kier alpha value is -2.10. The van der Waals surface area contributed by atoms with Crippen molar-refractivity contribution >= 4 is 21.6 Å². The summed E-state index contributed by atoms with van der Waals surface area (Å²) in [5, 5.41) is 13.6. The van der Waals surface area contributed by atoms with Crippen LogP contribution in [0, 0.1) is 5.41 Å². The van der Waals surface area contributed by atoms with Gasteiger partial charge in [0.05, 0.1) is 19.9 Å². The van der Waals surface area contributed by atoms with Crippen LogP contribution in [0.5, 0.6) is 11.5 Å². The van der Waals surface area contributed by atoms with Crippen LogP contribution in [0.4, 0.5) is 5.69 Å². The number of nitrogen functional groups attached to an aromatic ring is 1. The third-order valence-corrected chi connectivity index (χ3v) is 4.95. The fourth-order valence-corrected chi connectivity index (χ4v) is 3.26. The molecule has 0 spiro atoms. The van der Waals surface area contributed by atoms with Gasteiger partial charge in [0.15, 0.2) is 11.5 Å². The van der Waals surface area contributed by atoms with Crippen molar-refractivity contribution in [3.8, 4) is 11.5 Å². The Bertz CT molecular complexity index is 774. The number of ether oxygens (including phenoxy) is 2. The highest BCUT2D eigenvalue weighted by Crippen LogP contribution is 2.33. The number of nitrogens with two attached hydrogens (primary N) is 2. The zero-order valence-corrected chi connectivity index (χ0v) is 14.5. The summed E-state index contributed by atoms with van der Waals surface area (Å²) in [4.78, 5) is 0. The van der Waals surface area contributed by atoms with Gasteiger partial charge in [-0.1, -0.05) is 6.08 Å². The van der Waals surface area contributed by atoms with Crippen molar-refractivity contribution in [2.45, 2.75) is 12.8 Å². The minimum atomic E-state index is -3.73. The number of anilines is 1. The largest absolute Gasteiger partial charge is 0.493 e. The van der Waals surface area contributed by atoms with E-state index in [-0.39, 0.29) is 12.3 Å². The van der Waals surface area contributed by atoms with Crippen LogP contribution in [0.15, 0.2) is 23.8 Å². The van der Waals surface area contributed by atoms with Crippen LogP contribution in [0.1, 0.15) is 18.4 Å². The number of hydrogen-bond donors (Lipinski definition) is 3. The molecule has 2 rings (SSSR count). The predicted octanol–water partition coefficient (Wildman–Crippen LogP) is 0.880. The molecule has 9 heteroatoms. The zero-order valence-electron chi connectivity index (χ0n) is 13.7. The normalized spacial score (nSPS) is 16.2. The predicted molar refractivity (Wildman–Crippen MR) is 92.8 cm³/mol. The lowest BCUT2D eigenvalue weighted by molar-refractivity contribution is 0.355. The van der Waals surface area contributed by atoms with Crippen molar-refractivity contribution < 1.29 is 17.9 Å². The van der Waals surface area contributed by atoms with Crippen LogP contribution in [0.2, 0.25) is 0 Å². The van der Waals surface area contributed by atoms with E-state index in [0.717, 1.165) is 5.57 Å². The van der Waals surface area contributed by atoms with Gasteiger partial charge < -0.3 is 15.2 Å². The van der Waals surface area contributed by atoms with Crippen molar-refractivity contribution in [2.24, 2.45) is 5.14 Å². The van der Waals surface area contributed by atoms with E-state index in [1.165, 1.54) is 18.5 Å². The van der Waals surface area contributed by atoms with Crippen molar-refractivity contribution in [2.75, 3.05) is 33.0 Å². The van der Waals surface area contributed by atoms with Gasteiger partial charge in [-0.15, -0.1) is 0 Å². The van der Waals surface area contributed by atoms with Crippen LogP contribution in [-0.4, -0.2) is 45.7 Å². The van der Waals surface area contributed by atoms with E-state index in [9.17, 15) is 8.42 Å². The third-order valence-electron chi connectivity index (χ3n) is 3.90. The molecule has 8 nitrogen and oxygen atoms in total. The van der Waals surface area contributed by atoms with Crippen LogP contribution < -0.4 is 20.3 Å². The first kappa shape index (κ1) is 18.2. The Balaban J connectivity index is 2.33. The molecule has 1 aliphatic heterocycles. The highest BCUT2D eigenvalue weighted by Gasteiger charge is 2.21. The third kappa shape index (κ3) is 3.86. The molecule has 0 radical (unpaired) electrons. The molecule has 0 aromatic heterocycles. The Morgan fingerprint density at radius 3 is 2.46 bits per heavy atom. The molecule has 1 aliphatic rings. The van der Waals surface area contributed by atoms with Gasteiger partial charge in [0.25, 0.3) is 10.2 Å². The summed E-state index contributed by atoms with van der Waals surface area (Å²) >= 11 is 0. The summed E-state index contributed by atoms with van der Waals surface area (Å²) < 4.78 is 34.6. The van der Waals surface area contributed by atoms with E-state index < -0.39 is 10.2 Å². The molecule has 0 saturated heterocycles. The Morgan fingerprint density at radius 2 is 1.88 bits per heavy atom. The molecule has 0 saturated carbocycles. The summed E-state index contributed by atoms with van der Waals surface area (Å²) in [6.07, 6.45) is 2.85. The van der Waals surface area contributed by atoms with Gasteiger partial charge in [-0.05, 0) is 24.5 Å². The van der Waals surface area contributed by atoms with E-state index in [2.05, 4.69) is 0 Å². The molecule has 1 aromatic carbocycles. The summed E-state index contributed by atoms with van der Waals surface area (Å²) in [5.41, 5.74) is 7.91. The molecule has 132 valence electrons. The van der Waals surface area contributed by atoms with E-state index in [0.29, 0.717) is 42.1 Å². The van der Waals surface area contributed by atoms with E-state index in [1.54, 1.807) is 18.2 Å². The molecular weight excluding hydrogens is 332 g/mol. The minimum Gasteiger partial charge on any atom is -0.493 e. The summed E-state index contributed by atoms with van der Waals surface area (Å²) in [7, 11) is -0.712. The van der Waals surface area contributed by atoms with Gasteiger partial charge in [0, 0.05) is 30.4 Å². The van der Waals surface area contributed by atoms with Gasteiger partial charge in [-0.2, -0.15) is 12.7 Å². The van der Waals surface area contributed by atoms with Crippen LogP contribution in [0.25, 0.3) is 0 Å². The van der Waals surface area contributed by atoms with Gasteiger partial charge in [0.1, 0.15) is 0 Å². The second-order valence-electron chi connectivity index (χ2n) is 5.41. The Labute approximate surface area is 141 Å². The molecule has 0 unspecified atom stereocenters. The molecular formula is C15H22N4O4S. The molecule has 5 N–H and O–H groups in total.